The highest BCUT2D eigenvalue weighted by atomic mass is 16.6. The van der Waals surface area contributed by atoms with Crippen LogP contribution in [0.3, 0.4) is 0 Å². The first-order chi connectivity index (χ1) is 21.1. The van der Waals surface area contributed by atoms with Crippen LogP contribution in [0.15, 0.2) is 108 Å². The van der Waals surface area contributed by atoms with Gasteiger partial charge in [0, 0.05) is 4.91 Å². The first-order valence-electron chi connectivity index (χ1n) is 13.7. The summed E-state index contributed by atoms with van der Waals surface area (Å²) in [6.45, 7) is 0.439. The predicted octanol–water partition coefficient (Wildman–Crippen LogP) is 6.79. The van der Waals surface area contributed by atoms with Crippen molar-refractivity contribution in [1.29, 1.82) is 0 Å². The van der Waals surface area contributed by atoms with Gasteiger partial charge in [0.15, 0.2) is 11.5 Å². The zero-order valence-corrected chi connectivity index (χ0v) is 23.5. The van der Waals surface area contributed by atoms with Gasteiger partial charge in [-0.25, -0.2) is 9.69 Å². The van der Waals surface area contributed by atoms with E-state index < -0.39 is 24.1 Å². The lowest BCUT2D eigenvalue weighted by molar-refractivity contribution is -0.130. The molecule has 0 saturated carbocycles. The third kappa shape index (κ3) is 7.06. The first-order valence-corrected chi connectivity index (χ1v) is 13.7. The van der Waals surface area contributed by atoms with Crippen LogP contribution in [0.25, 0.3) is 10.4 Å². The first kappa shape index (κ1) is 29.0. The molecule has 4 aromatic carbocycles. The van der Waals surface area contributed by atoms with Crippen LogP contribution in [0, 0.1) is 0 Å². The van der Waals surface area contributed by atoms with E-state index in [1.54, 1.807) is 12.1 Å². The van der Waals surface area contributed by atoms with Crippen LogP contribution < -0.4 is 14.2 Å². The Labute approximate surface area is 249 Å². The molecule has 4 aromatic rings. The molecule has 1 saturated heterocycles. The molecule has 0 aliphatic carbocycles. The summed E-state index contributed by atoms with van der Waals surface area (Å²) in [6, 6.07) is 29.7. The van der Waals surface area contributed by atoms with E-state index in [9.17, 15) is 15.1 Å². The van der Waals surface area contributed by atoms with Crippen LogP contribution in [-0.2, 0) is 29.2 Å². The fourth-order valence-electron chi connectivity index (χ4n) is 4.85. The lowest BCUT2D eigenvalue weighted by atomic mass is 10.0. The largest absolute Gasteiger partial charge is 0.490 e. The summed E-state index contributed by atoms with van der Waals surface area (Å²) >= 11 is 0. The molecule has 1 aliphatic heterocycles. The fourth-order valence-corrected chi connectivity index (χ4v) is 4.85. The second kappa shape index (κ2) is 13.9. The predicted molar refractivity (Wildman–Crippen MR) is 159 cm³/mol. The highest BCUT2D eigenvalue weighted by Gasteiger charge is 2.41. The van der Waals surface area contributed by atoms with Gasteiger partial charge >= 0.3 is 6.09 Å². The number of hydrogen-bond donors (Lipinski definition) is 0. The lowest BCUT2D eigenvalue weighted by Gasteiger charge is -2.24. The Morgan fingerprint density at radius 1 is 0.907 bits per heavy atom. The van der Waals surface area contributed by atoms with Gasteiger partial charge in [-0.1, -0.05) is 96.1 Å². The number of benzene rings is 4. The van der Waals surface area contributed by atoms with Crippen LogP contribution in [-0.4, -0.2) is 36.7 Å². The van der Waals surface area contributed by atoms with E-state index in [1.807, 2.05) is 91.0 Å². The van der Waals surface area contributed by atoms with E-state index in [1.165, 1.54) is 7.11 Å². The summed E-state index contributed by atoms with van der Waals surface area (Å²) in [5, 5.41) is 3.82. The van der Waals surface area contributed by atoms with Gasteiger partial charge in [0.1, 0.15) is 25.9 Å². The van der Waals surface area contributed by atoms with Gasteiger partial charge in [-0.3, -0.25) is 4.79 Å². The molecule has 0 radical (unpaired) electrons. The molecule has 0 aromatic heterocycles. The number of nitrogens with zero attached hydrogens (tertiary/aromatic N) is 4. The molecular formula is C33H30N4O6. The van der Waals surface area contributed by atoms with Crippen LogP contribution in [0.4, 0.5) is 4.79 Å². The number of ether oxygens (including phenoxy) is 4. The van der Waals surface area contributed by atoms with E-state index in [-0.39, 0.29) is 36.9 Å². The van der Waals surface area contributed by atoms with Crippen LogP contribution in [0.2, 0.25) is 0 Å². The smallest absolute Gasteiger partial charge is 0.417 e. The minimum absolute atomic E-state index is 0.0297. The second-order valence-corrected chi connectivity index (χ2v) is 9.84. The van der Waals surface area contributed by atoms with Crippen molar-refractivity contribution in [2.45, 2.75) is 31.7 Å². The monoisotopic (exact) mass is 578 g/mol. The van der Waals surface area contributed by atoms with Crippen LogP contribution >= 0.6 is 0 Å². The SMILES string of the molecule is COc1c(OCc2ccccc2)cc([C@@H](N=[N+]=[N-])C(=O)N2C(=O)OC[C@H]2Cc2ccccc2)cc1OCc1ccccc1. The summed E-state index contributed by atoms with van der Waals surface area (Å²) in [5.74, 6) is 0.157. The summed E-state index contributed by atoms with van der Waals surface area (Å²) in [7, 11) is 1.49. The van der Waals surface area contributed by atoms with Crippen LogP contribution in [0.1, 0.15) is 28.3 Å². The number of cyclic esters (lactones) is 1. The Bertz CT molecular complexity index is 1530. The molecule has 0 bridgehead atoms. The number of hydrogen-bond acceptors (Lipinski definition) is 7. The summed E-state index contributed by atoms with van der Waals surface area (Å²) in [4.78, 5) is 30.7. The molecule has 0 N–H and O–H groups in total. The molecule has 1 aliphatic rings. The van der Waals surface area contributed by atoms with Crippen molar-refractivity contribution in [2.24, 2.45) is 5.11 Å². The van der Waals surface area contributed by atoms with Gasteiger partial charge in [-0.15, -0.1) is 0 Å². The van der Waals surface area contributed by atoms with Crippen molar-refractivity contribution < 1.29 is 28.5 Å². The average Bonchev–Trinajstić information content (AvgIpc) is 3.41. The topological polar surface area (TPSA) is 123 Å². The van der Waals surface area contributed by atoms with Crippen LogP contribution in [0.5, 0.6) is 17.2 Å². The highest BCUT2D eigenvalue weighted by Crippen LogP contribution is 2.42. The summed E-state index contributed by atoms with van der Waals surface area (Å²) in [6.07, 6.45) is -0.403. The molecule has 43 heavy (non-hydrogen) atoms. The molecule has 0 spiro atoms. The zero-order chi connectivity index (χ0) is 30.0. The molecule has 2 atom stereocenters. The molecule has 2 amide bonds. The van der Waals surface area contributed by atoms with Gasteiger partial charge in [0.25, 0.3) is 0 Å². The molecule has 5 rings (SSSR count). The Kier molecular flexibility index (Phi) is 9.41. The zero-order valence-electron chi connectivity index (χ0n) is 23.5. The van der Waals surface area contributed by atoms with Crippen molar-refractivity contribution >= 4 is 12.0 Å². The molecule has 10 nitrogen and oxygen atoms in total. The molecular weight excluding hydrogens is 548 g/mol. The molecule has 0 unspecified atom stereocenters. The number of carbonyl (C=O) groups is 2. The number of rotatable bonds is 12. The van der Waals surface area contributed by atoms with Gasteiger partial charge in [-0.05, 0) is 46.3 Å². The van der Waals surface area contributed by atoms with Gasteiger partial charge in [0.2, 0.25) is 11.7 Å². The fraction of sp³-hybridized carbons (Fsp3) is 0.212. The van der Waals surface area contributed by atoms with Crippen molar-refractivity contribution in [3.8, 4) is 17.2 Å². The minimum atomic E-state index is -1.40. The van der Waals surface area contributed by atoms with E-state index in [4.69, 9.17) is 18.9 Å². The molecule has 1 fully saturated rings. The number of methoxy groups -OCH3 is 1. The number of imide groups is 1. The second-order valence-electron chi connectivity index (χ2n) is 9.84. The Hall–Kier alpha value is -5.47. The third-order valence-electron chi connectivity index (χ3n) is 6.95. The average molecular weight is 579 g/mol. The lowest BCUT2D eigenvalue weighted by Crippen LogP contribution is -2.42. The van der Waals surface area contributed by atoms with E-state index in [0.717, 1.165) is 21.6 Å². The van der Waals surface area contributed by atoms with Gasteiger partial charge in [-0.2, -0.15) is 0 Å². The Morgan fingerprint density at radius 2 is 1.42 bits per heavy atom. The van der Waals surface area contributed by atoms with Gasteiger partial charge in [0.05, 0.1) is 13.2 Å². The summed E-state index contributed by atoms with van der Waals surface area (Å²) < 4.78 is 23.2. The highest BCUT2D eigenvalue weighted by molar-refractivity contribution is 5.97. The third-order valence-corrected chi connectivity index (χ3v) is 6.95. The molecule has 1 heterocycles. The Balaban J connectivity index is 1.50. The maximum Gasteiger partial charge on any atom is 0.417 e. The Morgan fingerprint density at radius 3 is 1.91 bits per heavy atom. The number of amides is 2. The number of carbonyl (C=O) groups excluding carboxylic acids is 2. The minimum Gasteiger partial charge on any atom is -0.490 e. The van der Waals surface area contributed by atoms with Crippen molar-refractivity contribution in [1.82, 2.24) is 4.90 Å². The summed E-state index contributed by atoms with van der Waals surface area (Å²) in [5.41, 5.74) is 12.5. The molecule has 218 valence electrons. The van der Waals surface area contributed by atoms with Gasteiger partial charge < -0.3 is 18.9 Å². The van der Waals surface area contributed by atoms with E-state index >= 15 is 0 Å². The quantitative estimate of drug-likeness (QED) is 0.104. The standard InChI is InChI=1S/C33H30N4O6/c1-40-31-28(41-20-24-13-7-3-8-14-24)18-26(19-29(31)42-21-25-15-9-4-10-16-25)30(35-36-34)32(38)37-27(22-43-33(37)39)17-23-11-5-2-6-12-23/h2-16,18-19,27,30H,17,20-22H2,1H3/t27-,30-/m1/s1. The van der Waals surface area contributed by atoms with E-state index in [2.05, 4.69) is 10.0 Å². The maximum absolute atomic E-state index is 13.9. The van der Waals surface area contributed by atoms with E-state index in [0.29, 0.717) is 12.2 Å². The van der Waals surface area contributed by atoms with Crippen molar-refractivity contribution in [3.63, 3.8) is 0 Å². The molecule has 10 heteroatoms. The van der Waals surface area contributed by atoms with Crippen molar-refractivity contribution in [3.05, 3.63) is 136 Å². The maximum atomic E-state index is 13.9. The number of azide groups is 1. The van der Waals surface area contributed by atoms with Crippen molar-refractivity contribution in [2.75, 3.05) is 13.7 Å². The normalized spacial score (nSPS) is 14.8.